The van der Waals surface area contributed by atoms with Gasteiger partial charge in [-0.2, -0.15) is 0 Å². The van der Waals surface area contributed by atoms with Gasteiger partial charge in [-0.05, 0) is 19.1 Å². The Morgan fingerprint density at radius 1 is 1.08 bits per heavy atom. The lowest BCUT2D eigenvalue weighted by Crippen LogP contribution is -2.30. The number of rotatable bonds is 7. The molecule has 9 heteroatoms. The van der Waals surface area contributed by atoms with Gasteiger partial charge in [-0.25, -0.2) is 8.42 Å². The van der Waals surface area contributed by atoms with Crippen LogP contribution in [-0.2, 0) is 19.4 Å². The SMILES string of the molecule is C[C@@H](C(=O)OCC(=O)c1ccccc1)S(=O)(=O)c1ccc([N+](=O)[O-])cc1. The minimum Gasteiger partial charge on any atom is -0.456 e. The largest absolute Gasteiger partial charge is 0.456 e. The molecule has 0 bridgehead atoms. The smallest absolute Gasteiger partial charge is 0.324 e. The highest BCUT2D eigenvalue weighted by Gasteiger charge is 2.31. The molecule has 0 amide bonds. The molecular formula is C17H15NO7S. The van der Waals surface area contributed by atoms with E-state index in [0.717, 1.165) is 31.2 Å². The third-order valence-electron chi connectivity index (χ3n) is 3.61. The number of non-ortho nitro benzene ring substituents is 1. The number of benzene rings is 2. The summed E-state index contributed by atoms with van der Waals surface area (Å²) in [5, 5.41) is 9.06. The van der Waals surface area contributed by atoms with Crippen LogP contribution >= 0.6 is 0 Å². The number of esters is 1. The summed E-state index contributed by atoms with van der Waals surface area (Å²) in [5.41, 5.74) is 0.0683. The normalized spacial score (nSPS) is 12.2. The number of hydrogen-bond acceptors (Lipinski definition) is 7. The minimum absolute atomic E-state index is 0.248. The second-order valence-corrected chi connectivity index (χ2v) is 7.60. The van der Waals surface area contributed by atoms with E-state index in [9.17, 15) is 28.1 Å². The van der Waals surface area contributed by atoms with Crippen molar-refractivity contribution in [2.24, 2.45) is 0 Å². The van der Waals surface area contributed by atoms with E-state index in [1.54, 1.807) is 30.3 Å². The number of carbonyl (C=O) groups is 2. The average molecular weight is 377 g/mol. The lowest BCUT2D eigenvalue weighted by molar-refractivity contribution is -0.384. The molecule has 0 saturated heterocycles. The molecule has 2 aromatic rings. The van der Waals surface area contributed by atoms with Gasteiger partial charge in [-0.15, -0.1) is 0 Å². The van der Waals surface area contributed by atoms with Gasteiger partial charge in [0.2, 0.25) is 0 Å². The zero-order valence-electron chi connectivity index (χ0n) is 13.7. The van der Waals surface area contributed by atoms with Crippen molar-refractivity contribution in [2.75, 3.05) is 6.61 Å². The Labute approximate surface area is 149 Å². The van der Waals surface area contributed by atoms with Crippen molar-refractivity contribution in [3.63, 3.8) is 0 Å². The van der Waals surface area contributed by atoms with Crippen LogP contribution in [0.15, 0.2) is 59.5 Å². The number of Topliss-reactive ketones (excluding diaryl/α,β-unsaturated/α-hetero) is 1. The van der Waals surface area contributed by atoms with Gasteiger partial charge in [0.1, 0.15) is 0 Å². The van der Waals surface area contributed by atoms with Gasteiger partial charge in [-0.1, -0.05) is 30.3 Å². The van der Waals surface area contributed by atoms with Gasteiger partial charge in [0.05, 0.1) is 9.82 Å². The lowest BCUT2D eigenvalue weighted by atomic mass is 10.1. The Kier molecular flexibility index (Phi) is 5.83. The zero-order valence-corrected chi connectivity index (χ0v) is 14.5. The number of nitro groups is 1. The number of ketones is 1. The fraction of sp³-hybridized carbons (Fsp3) is 0.176. The Morgan fingerprint density at radius 2 is 1.65 bits per heavy atom. The highest BCUT2D eigenvalue weighted by Crippen LogP contribution is 2.20. The first-order valence-electron chi connectivity index (χ1n) is 7.46. The van der Waals surface area contributed by atoms with Crippen molar-refractivity contribution in [2.45, 2.75) is 17.1 Å². The van der Waals surface area contributed by atoms with E-state index in [0.29, 0.717) is 5.56 Å². The zero-order chi connectivity index (χ0) is 19.3. The van der Waals surface area contributed by atoms with Gasteiger partial charge >= 0.3 is 5.97 Å². The van der Waals surface area contributed by atoms with E-state index >= 15 is 0 Å². The maximum atomic E-state index is 12.4. The van der Waals surface area contributed by atoms with Gasteiger partial charge in [0.15, 0.2) is 27.5 Å². The average Bonchev–Trinajstić information content (AvgIpc) is 2.65. The molecule has 2 rings (SSSR count). The second-order valence-electron chi connectivity index (χ2n) is 5.34. The molecule has 0 spiro atoms. The molecule has 0 heterocycles. The van der Waals surface area contributed by atoms with Crippen LogP contribution in [0.2, 0.25) is 0 Å². The Bertz CT molecular complexity index is 921. The first-order valence-corrected chi connectivity index (χ1v) is 9.01. The van der Waals surface area contributed by atoms with E-state index in [1.807, 2.05) is 0 Å². The number of nitro benzene ring substituents is 1. The molecule has 0 aliphatic rings. The molecule has 0 saturated carbocycles. The summed E-state index contributed by atoms with van der Waals surface area (Å²) in [6.07, 6.45) is 0. The summed E-state index contributed by atoms with van der Waals surface area (Å²) < 4.78 is 29.6. The first kappa shape index (κ1) is 19.3. The lowest BCUT2D eigenvalue weighted by Gasteiger charge is -2.12. The van der Waals surface area contributed by atoms with Crippen LogP contribution in [0, 0.1) is 10.1 Å². The van der Waals surface area contributed by atoms with Crippen LogP contribution in [0.5, 0.6) is 0 Å². The topological polar surface area (TPSA) is 121 Å². The molecule has 0 aliphatic carbocycles. The monoisotopic (exact) mass is 377 g/mol. The van der Waals surface area contributed by atoms with Gasteiger partial charge in [0.25, 0.3) is 5.69 Å². The van der Waals surface area contributed by atoms with Crippen LogP contribution in [-0.4, -0.2) is 37.0 Å². The van der Waals surface area contributed by atoms with E-state index in [1.165, 1.54) is 0 Å². The molecule has 0 aliphatic heterocycles. The van der Waals surface area contributed by atoms with Crippen molar-refractivity contribution < 1.29 is 27.7 Å². The second kappa shape index (κ2) is 7.87. The molecule has 136 valence electrons. The van der Waals surface area contributed by atoms with Crippen LogP contribution in [0.1, 0.15) is 17.3 Å². The van der Waals surface area contributed by atoms with E-state index < -0.39 is 38.4 Å². The Balaban J connectivity index is 2.06. The third kappa shape index (κ3) is 4.31. The Hall–Kier alpha value is -3.07. The highest BCUT2D eigenvalue weighted by atomic mass is 32.2. The molecule has 1 atom stereocenters. The molecular weight excluding hydrogens is 362 g/mol. The quantitative estimate of drug-likeness (QED) is 0.314. The molecule has 26 heavy (non-hydrogen) atoms. The van der Waals surface area contributed by atoms with Gasteiger partial charge in [-0.3, -0.25) is 19.7 Å². The highest BCUT2D eigenvalue weighted by molar-refractivity contribution is 7.92. The molecule has 8 nitrogen and oxygen atoms in total. The summed E-state index contributed by atoms with van der Waals surface area (Å²) in [6, 6.07) is 12.3. The van der Waals surface area contributed by atoms with Crippen LogP contribution in [0.3, 0.4) is 0 Å². The van der Waals surface area contributed by atoms with Crippen LogP contribution in [0.25, 0.3) is 0 Å². The maximum absolute atomic E-state index is 12.4. The van der Waals surface area contributed by atoms with E-state index in [-0.39, 0.29) is 10.6 Å². The molecule has 0 radical (unpaired) electrons. The predicted octanol–water partition coefficient (Wildman–Crippen LogP) is 2.18. The predicted molar refractivity (Wildman–Crippen MR) is 91.5 cm³/mol. The third-order valence-corrected chi connectivity index (χ3v) is 5.67. The van der Waals surface area contributed by atoms with Crippen molar-refractivity contribution >= 4 is 27.3 Å². The molecule has 0 fully saturated rings. The van der Waals surface area contributed by atoms with E-state index in [2.05, 4.69) is 0 Å². The number of hydrogen-bond donors (Lipinski definition) is 0. The molecule has 0 aromatic heterocycles. The molecule has 0 N–H and O–H groups in total. The number of sulfone groups is 1. The summed E-state index contributed by atoms with van der Waals surface area (Å²) in [7, 11) is -4.10. The van der Waals surface area contributed by atoms with Crippen LogP contribution < -0.4 is 0 Å². The first-order chi connectivity index (χ1) is 12.2. The number of ether oxygens (including phenoxy) is 1. The Morgan fingerprint density at radius 3 is 2.19 bits per heavy atom. The minimum atomic E-state index is -4.10. The van der Waals surface area contributed by atoms with Gasteiger partial charge in [0, 0.05) is 17.7 Å². The summed E-state index contributed by atoms with van der Waals surface area (Å²) in [5.74, 6) is -1.54. The fourth-order valence-electron chi connectivity index (χ4n) is 2.05. The van der Waals surface area contributed by atoms with Gasteiger partial charge < -0.3 is 4.74 Å². The van der Waals surface area contributed by atoms with Crippen molar-refractivity contribution in [3.05, 3.63) is 70.3 Å². The summed E-state index contributed by atoms with van der Waals surface area (Å²) in [4.78, 5) is 33.6. The van der Waals surface area contributed by atoms with Crippen LogP contribution in [0.4, 0.5) is 5.69 Å². The van der Waals surface area contributed by atoms with Crippen molar-refractivity contribution in [3.8, 4) is 0 Å². The van der Waals surface area contributed by atoms with Crippen molar-refractivity contribution in [1.29, 1.82) is 0 Å². The summed E-state index contributed by atoms with van der Waals surface area (Å²) in [6.45, 7) is 0.551. The van der Waals surface area contributed by atoms with E-state index in [4.69, 9.17) is 4.74 Å². The number of carbonyl (C=O) groups excluding carboxylic acids is 2. The van der Waals surface area contributed by atoms with Crippen molar-refractivity contribution in [1.82, 2.24) is 0 Å². The molecule has 2 aromatic carbocycles. The molecule has 0 unspecified atom stereocenters. The maximum Gasteiger partial charge on any atom is 0.324 e. The number of nitrogens with zero attached hydrogens (tertiary/aromatic N) is 1. The standard InChI is InChI=1S/C17H15NO7S/c1-12(17(20)25-11-16(19)13-5-3-2-4-6-13)26(23,24)15-9-7-14(8-10-15)18(21)22/h2-10,12H,11H2,1H3/t12-/m0/s1. The summed E-state index contributed by atoms with van der Waals surface area (Å²) >= 11 is 0. The fourth-order valence-corrected chi connectivity index (χ4v) is 3.29.